The van der Waals surface area contributed by atoms with Gasteiger partial charge in [0.1, 0.15) is 0 Å². The first kappa shape index (κ1) is 11.9. The van der Waals surface area contributed by atoms with Crippen LogP contribution in [0.15, 0.2) is 42.8 Å². The zero-order valence-corrected chi connectivity index (χ0v) is 10.7. The molecule has 19 heavy (non-hydrogen) atoms. The highest BCUT2D eigenvalue weighted by Crippen LogP contribution is 2.31. The van der Waals surface area contributed by atoms with Crippen LogP contribution in [0.1, 0.15) is 17.8 Å². The number of pyridine rings is 1. The molecule has 1 unspecified atom stereocenters. The van der Waals surface area contributed by atoms with E-state index in [0.717, 1.165) is 28.1 Å². The normalized spacial score (nSPS) is 18.4. The molecule has 0 saturated carbocycles. The van der Waals surface area contributed by atoms with Crippen LogP contribution in [0.25, 0.3) is 16.7 Å². The van der Waals surface area contributed by atoms with Crippen LogP contribution in [0.5, 0.6) is 0 Å². The van der Waals surface area contributed by atoms with Gasteiger partial charge < -0.3 is 5.11 Å². The fraction of sp³-hybridized carbons (Fsp3) is 0.200. The largest absolute Gasteiger partial charge is 0.389 e. The van der Waals surface area contributed by atoms with Crippen LogP contribution in [0.4, 0.5) is 0 Å². The van der Waals surface area contributed by atoms with Gasteiger partial charge >= 0.3 is 0 Å². The van der Waals surface area contributed by atoms with E-state index in [2.05, 4.69) is 15.2 Å². The maximum atomic E-state index is 9.73. The molecule has 2 aromatic rings. The Bertz CT molecular complexity index is 641. The average molecular weight is 253 g/mol. The zero-order chi connectivity index (χ0) is 13.2. The minimum Gasteiger partial charge on any atom is -0.389 e. The summed E-state index contributed by atoms with van der Waals surface area (Å²) in [6, 6.07) is 3.93. The number of nitrogens with zero attached hydrogens (tertiary/aromatic N) is 2. The average Bonchev–Trinajstić information content (AvgIpc) is 2.82. The summed E-state index contributed by atoms with van der Waals surface area (Å²) in [6.45, 7) is 2.00. The van der Waals surface area contributed by atoms with E-state index in [4.69, 9.17) is 0 Å². The van der Waals surface area contributed by atoms with Crippen molar-refractivity contribution < 1.29 is 5.11 Å². The lowest BCUT2D eigenvalue weighted by Gasteiger charge is -2.11. The second-order valence-corrected chi connectivity index (χ2v) is 4.64. The Morgan fingerprint density at radius 2 is 2.11 bits per heavy atom. The Balaban J connectivity index is 2.12. The van der Waals surface area contributed by atoms with Crippen molar-refractivity contribution in [2.75, 3.05) is 0 Å². The standard InChI is InChI=1S/C15H15N3O/c1-10-14(11-5-7-16-8-6-11)15(18-17-10)12-3-2-4-13(19)9-12/h2-3,5-9,13,19H,4H2,1H3,(H,17,18). The number of aromatic amines is 1. The highest BCUT2D eigenvalue weighted by molar-refractivity contribution is 5.85. The number of H-pyrrole nitrogens is 1. The van der Waals surface area contributed by atoms with Crippen molar-refractivity contribution in [1.82, 2.24) is 15.2 Å². The smallest absolute Gasteiger partial charge is 0.0999 e. The number of aliphatic hydroxyl groups is 1. The molecule has 0 radical (unpaired) electrons. The highest BCUT2D eigenvalue weighted by Gasteiger charge is 2.17. The molecule has 1 atom stereocenters. The summed E-state index contributed by atoms with van der Waals surface area (Å²) in [5.74, 6) is 0. The summed E-state index contributed by atoms with van der Waals surface area (Å²) in [7, 11) is 0. The molecule has 4 heteroatoms. The predicted molar refractivity (Wildman–Crippen MR) is 74.3 cm³/mol. The van der Waals surface area contributed by atoms with Gasteiger partial charge in [-0.3, -0.25) is 10.1 Å². The van der Waals surface area contributed by atoms with Crippen LogP contribution in [-0.4, -0.2) is 26.4 Å². The Morgan fingerprint density at radius 3 is 2.84 bits per heavy atom. The lowest BCUT2D eigenvalue weighted by atomic mass is 9.96. The summed E-state index contributed by atoms with van der Waals surface area (Å²) in [4.78, 5) is 4.04. The van der Waals surface area contributed by atoms with E-state index < -0.39 is 6.10 Å². The number of nitrogens with one attached hydrogen (secondary N) is 1. The molecule has 2 N–H and O–H groups in total. The summed E-state index contributed by atoms with van der Waals surface area (Å²) < 4.78 is 0. The third-order valence-electron chi connectivity index (χ3n) is 3.24. The first-order chi connectivity index (χ1) is 9.25. The molecule has 0 bridgehead atoms. The second-order valence-electron chi connectivity index (χ2n) is 4.64. The van der Waals surface area contributed by atoms with Crippen molar-refractivity contribution >= 4 is 5.57 Å². The number of aryl methyl sites for hydroxylation is 1. The molecule has 0 saturated heterocycles. The molecular formula is C15H15N3O. The van der Waals surface area contributed by atoms with Crippen LogP contribution in [0.3, 0.4) is 0 Å². The van der Waals surface area contributed by atoms with Gasteiger partial charge in [-0.1, -0.05) is 12.2 Å². The van der Waals surface area contributed by atoms with Crippen molar-refractivity contribution in [3.63, 3.8) is 0 Å². The van der Waals surface area contributed by atoms with Gasteiger partial charge in [0, 0.05) is 29.2 Å². The topological polar surface area (TPSA) is 61.8 Å². The van der Waals surface area contributed by atoms with Crippen LogP contribution in [-0.2, 0) is 0 Å². The third-order valence-corrected chi connectivity index (χ3v) is 3.24. The van der Waals surface area contributed by atoms with E-state index in [1.165, 1.54) is 0 Å². The molecule has 0 aliphatic heterocycles. The lowest BCUT2D eigenvalue weighted by molar-refractivity contribution is 0.226. The van der Waals surface area contributed by atoms with Crippen molar-refractivity contribution in [2.45, 2.75) is 19.4 Å². The first-order valence-corrected chi connectivity index (χ1v) is 6.28. The Hall–Kier alpha value is -2.20. The minimum absolute atomic E-state index is 0.428. The van der Waals surface area contributed by atoms with Crippen molar-refractivity contribution in [1.29, 1.82) is 0 Å². The quantitative estimate of drug-likeness (QED) is 0.864. The Kier molecular flexibility index (Phi) is 3.01. The number of rotatable bonds is 2. The fourth-order valence-corrected chi connectivity index (χ4v) is 2.33. The zero-order valence-electron chi connectivity index (χ0n) is 10.7. The Morgan fingerprint density at radius 1 is 1.32 bits per heavy atom. The molecule has 2 heterocycles. The van der Waals surface area contributed by atoms with Gasteiger partial charge in [-0.15, -0.1) is 0 Å². The van der Waals surface area contributed by atoms with Gasteiger partial charge in [-0.2, -0.15) is 5.10 Å². The number of allylic oxidation sites excluding steroid dienone is 2. The molecule has 0 amide bonds. The second kappa shape index (κ2) is 4.82. The predicted octanol–water partition coefficient (Wildman–Crippen LogP) is 2.48. The van der Waals surface area contributed by atoms with Crippen molar-refractivity contribution in [3.8, 4) is 11.1 Å². The number of hydrogen-bond acceptors (Lipinski definition) is 3. The minimum atomic E-state index is -0.428. The van der Waals surface area contributed by atoms with Gasteiger partial charge in [-0.25, -0.2) is 0 Å². The molecule has 1 aliphatic carbocycles. The molecule has 0 fully saturated rings. The van der Waals surface area contributed by atoms with Gasteiger partial charge in [0.25, 0.3) is 0 Å². The molecule has 2 aromatic heterocycles. The molecule has 1 aliphatic rings. The molecule has 3 rings (SSSR count). The number of aromatic nitrogens is 3. The first-order valence-electron chi connectivity index (χ1n) is 6.28. The molecular weight excluding hydrogens is 238 g/mol. The van der Waals surface area contributed by atoms with Gasteiger partial charge in [0.2, 0.25) is 0 Å². The number of hydrogen-bond donors (Lipinski definition) is 2. The highest BCUT2D eigenvalue weighted by atomic mass is 16.3. The van der Waals surface area contributed by atoms with Gasteiger partial charge in [0.15, 0.2) is 0 Å². The van der Waals surface area contributed by atoms with Crippen LogP contribution in [0.2, 0.25) is 0 Å². The third kappa shape index (κ3) is 2.22. The van der Waals surface area contributed by atoms with Gasteiger partial charge in [0.05, 0.1) is 11.8 Å². The molecule has 4 nitrogen and oxygen atoms in total. The SMILES string of the molecule is Cc1[nH]nc(C2=CC(O)CC=C2)c1-c1ccncc1. The fourth-order valence-electron chi connectivity index (χ4n) is 2.33. The van der Waals surface area contributed by atoms with E-state index in [9.17, 15) is 5.11 Å². The maximum Gasteiger partial charge on any atom is 0.0999 e. The lowest BCUT2D eigenvalue weighted by Crippen LogP contribution is -2.05. The summed E-state index contributed by atoms with van der Waals surface area (Å²) in [5.41, 5.74) is 4.97. The van der Waals surface area contributed by atoms with Gasteiger partial charge in [-0.05, 0) is 37.1 Å². The Labute approximate surface area is 111 Å². The van der Waals surface area contributed by atoms with E-state index in [1.807, 2.05) is 37.3 Å². The van der Waals surface area contributed by atoms with Crippen LogP contribution < -0.4 is 0 Å². The van der Waals surface area contributed by atoms with E-state index in [-0.39, 0.29) is 0 Å². The van der Waals surface area contributed by atoms with Crippen molar-refractivity contribution in [2.24, 2.45) is 0 Å². The van der Waals surface area contributed by atoms with E-state index in [1.54, 1.807) is 12.4 Å². The molecule has 0 aromatic carbocycles. The van der Waals surface area contributed by atoms with Crippen LogP contribution >= 0.6 is 0 Å². The van der Waals surface area contributed by atoms with Crippen LogP contribution in [0, 0.1) is 6.92 Å². The monoisotopic (exact) mass is 253 g/mol. The van der Waals surface area contributed by atoms with E-state index in [0.29, 0.717) is 6.42 Å². The maximum absolute atomic E-state index is 9.73. The molecule has 0 spiro atoms. The van der Waals surface area contributed by atoms with E-state index >= 15 is 0 Å². The molecule has 96 valence electrons. The number of aliphatic hydroxyl groups excluding tert-OH is 1. The summed E-state index contributed by atoms with van der Waals surface area (Å²) in [5, 5.41) is 17.1. The summed E-state index contributed by atoms with van der Waals surface area (Å²) >= 11 is 0. The summed E-state index contributed by atoms with van der Waals surface area (Å²) in [6.07, 6.45) is 9.60. The van der Waals surface area contributed by atoms with Crippen molar-refractivity contribution in [3.05, 3.63) is 54.1 Å².